The third kappa shape index (κ3) is 13.5. The molecule has 0 heterocycles. The number of allylic oxidation sites excluding steroid dienone is 2. The molecule has 5 heteroatoms. The number of esters is 1. The molecular weight excluding hydrogens is 342 g/mol. The molecule has 0 saturated heterocycles. The van der Waals surface area contributed by atoms with Crippen LogP contribution in [0.5, 0.6) is 0 Å². The summed E-state index contributed by atoms with van der Waals surface area (Å²) in [6.07, 6.45) is 12.9. The lowest BCUT2D eigenvalue weighted by Gasteiger charge is -2.07. The van der Waals surface area contributed by atoms with Gasteiger partial charge in [-0.15, -0.1) is 0 Å². The minimum atomic E-state index is -0.622. The number of benzene rings is 1. The molecule has 0 aromatic heterocycles. The van der Waals surface area contributed by atoms with Crippen molar-refractivity contribution in [2.45, 2.75) is 64.9 Å². The predicted octanol–water partition coefficient (Wildman–Crippen LogP) is 5.15. The smallest absolute Gasteiger partial charge is 0.407 e. The first kappa shape index (κ1) is 22.7. The lowest BCUT2D eigenvalue weighted by Crippen LogP contribution is -2.31. The summed E-state index contributed by atoms with van der Waals surface area (Å²) in [6.45, 7) is 2.60. The Morgan fingerprint density at radius 1 is 0.926 bits per heavy atom. The van der Waals surface area contributed by atoms with Crippen LogP contribution in [0.4, 0.5) is 4.79 Å². The number of alkyl carbamates (subject to hydrolysis) is 1. The maximum absolute atomic E-state index is 11.6. The molecule has 1 N–H and O–H groups in total. The Bertz CT molecular complexity index is 543. The van der Waals surface area contributed by atoms with Crippen LogP contribution in [-0.2, 0) is 20.9 Å². The van der Waals surface area contributed by atoms with Crippen molar-refractivity contribution in [2.75, 3.05) is 13.2 Å². The topological polar surface area (TPSA) is 64.6 Å². The van der Waals surface area contributed by atoms with E-state index in [4.69, 9.17) is 9.47 Å². The molecule has 27 heavy (non-hydrogen) atoms. The Labute approximate surface area is 163 Å². The zero-order valence-corrected chi connectivity index (χ0v) is 16.5. The summed E-state index contributed by atoms with van der Waals surface area (Å²) in [7, 11) is 0. The van der Waals surface area contributed by atoms with E-state index in [1.165, 1.54) is 25.7 Å². The van der Waals surface area contributed by atoms with Gasteiger partial charge in [0.15, 0.2) is 0 Å². The second-order valence-corrected chi connectivity index (χ2v) is 6.45. The quantitative estimate of drug-likeness (QED) is 0.277. The lowest BCUT2D eigenvalue weighted by atomic mass is 10.1. The summed E-state index contributed by atoms with van der Waals surface area (Å²) in [5.74, 6) is -0.439. The Hall–Kier alpha value is -2.30. The normalized spacial score (nSPS) is 10.7. The highest BCUT2D eigenvalue weighted by atomic mass is 16.6. The maximum atomic E-state index is 11.6. The van der Waals surface area contributed by atoms with Gasteiger partial charge in [-0.2, -0.15) is 0 Å². The second kappa shape index (κ2) is 15.9. The molecule has 0 bridgehead atoms. The van der Waals surface area contributed by atoms with Crippen LogP contribution in [0.25, 0.3) is 0 Å². The monoisotopic (exact) mass is 375 g/mol. The number of nitrogens with one attached hydrogen (secondary N) is 1. The van der Waals surface area contributed by atoms with Crippen LogP contribution in [-0.4, -0.2) is 25.2 Å². The van der Waals surface area contributed by atoms with Gasteiger partial charge in [0.1, 0.15) is 13.2 Å². The SMILES string of the molecule is CCCC/C=C\CCCCCCOC(=O)CNC(=O)OCc1ccccc1. The van der Waals surface area contributed by atoms with Crippen molar-refractivity contribution >= 4 is 12.1 Å². The average Bonchev–Trinajstić information content (AvgIpc) is 2.69. The van der Waals surface area contributed by atoms with Crippen LogP contribution >= 0.6 is 0 Å². The van der Waals surface area contributed by atoms with Crippen molar-refractivity contribution in [1.29, 1.82) is 0 Å². The number of rotatable bonds is 14. The molecule has 1 aromatic rings. The zero-order valence-electron chi connectivity index (χ0n) is 16.5. The molecule has 150 valence electrons. The van der Waals surface area contributed by atoms with Gasteiger partial charge < -0.3 is 14.8 Å². The number of hydrogen-bond donors (Lipinski definition) is 1. The van der Waals surface area contributed by atoms with Crippen LogP contribution in [0.2, 0.25) is 0 Å². The molecule has 0 radical (unpaired) electrons. The maximum Gasteiger partial charge on any atom is 0.407 e. The van der Waals surface area contributed by atoms with Gasteiger partial charge >= 0.3 is 12.1 Å². The highest BCUT2D eigenvalue weighted by Crippen LogP contribution is 2.05. The van der Waals surface area contributed by atoms with E-state index in [0.29, 0.717) is 6.61 Å². The Balaban J connectivity index is 1.92. The summed E-state index contributed by atoms with van der Waals surface area (Å²) in [5, 5.41) is 2.40. The van der Waals surface area contributed by atoms with Gasteiger partial charge in [-0.05, 0) is 31.2 Å². The van der Waals surface area contributed by atoms with Crippen molar-refractivity contribution < 1.29 is 19.1 Å². The fourth-order valence-corrected chi connectivity index (χ4v) is 2.43. The van der Waals surface area contributed by atoms with E-state index < -0.39 is 12.1 Å². The van der Waals surface area contributed by atoms with Gasteiger partial charge in [0, 0.05) is 0 Å². The van der Waals surface area contributed by atoms with E-state index in [9.17, 15) is 9.59 Å². The van der Waals surface area contributed by atoms with Crippen molar-refractivity contribution in [2.24, 2.45) is 0 Å². The molecule has 1 amide bonds. The van der Waals surface area contributed by atoms with Crippen LogP contribution in [0.3, 0.4) is 0 Å². The summed E-state index contributed by atoms with van der Waals surface area (Å²) in [6, 6.07) is 9.37. The minimum Gasteiger partial charge on any atom is -0.464 e. The van der Waals surface area contributed by atoms with E-state index in [2.05, 4.69) is 24.4 Å². The molecule has 0 unspecified atom stereocenters. The van der Waals surface area contributed by atoms with Crippen molar-refractivity contribution in [3.8, 4) is 0 Å². The average molecular weight is 376 g/mol. The number of ether oxygens (including phenoxy) is 2. The first-order valence-electron chi connectivity index (χ1n) is 9.97. The second-order valence-electron chi connectivity index (χ2n) is 6.45. The number of hydrogen-bond acceptors (Lipinski definition) is 4. The van der Waals surface area contributed by atoms with Gasteiger partial charge in [-0.1, -0.05) is 75.1 Å². The third-order valence-electron chi connectivity index (χ3n) is 4.01. The highest BCUT2D eigenvalue weighted by molar-refractivity contribution is 5.77. The number of carbonyl (C=O) groups is 2. The largest absolute Gasteiger partial charge is 0.464 e. The van der Waals surface area contributed by atoms with Crippen LogP contribution in [0, 0.1) is 0 Å². The van der Waals surface area contributed by atoms with Crippen LogP contribution < -0.4 is 5.32 Å². The van der Waals surface area contributed by atoms with Crippen molar-refractivity contribution in [1.82, 2.24) is 5.32 Å². The minimum absolute atomic E-state index is 0.170. The van der Waals surface area contributed by atoms with Crippen molar-refractivity contribution in [3.63, 3.8) is 0 Å². The molecule has 0 saturated carbocycles. The molecule has 0 fully saturated rings. The summed E-state index contributed by atoms with van der Waals surface area (Å²) < 4.78 is 10.1. The molecule has 0 aliphatic heterocycles. The number of unbranched alkanes of at least 4 members (excludes halogenated alkanes) is 6. The van der Waals surface area contributed by atoms with Gasteiger partial charge in [-0.3, -0.25) is 4.79 Å². The highest BCUT2D eigenvalue weighted by Gasteiger charge is 2.07. The zero-order chi connectivity index (χ0) is 19.6. The number of carbonyl (C=O) groups excluding carboxylic acids is 2. The fraction of sp³-hybridized carbons (Fsp3) is 0.545. The van der Waals surface area contributed by atoms with Gasteiger partial charge in [-0.25, -0.2) is 4.79 Å². The molecule has 0 atom stereocenters. The Morgan fingerprint density at radius 2 is 1.63 bits per heavy atom. The predicted molar refractivity (Wildman–Crippen MR) is 107 cm³/mol. The standard InChI is InChI=1S/C22H33NO4/c1-2-3-4-5-6-7-8-9-10-14-17-26-21(24)18-23-22(25)27-19-20-15-12-11-13-16-20/h5-6,11-13,15-16H,2-4,7-10,14,17-19H2,1H3,(H,23,25)/b6-5-. The first-order valence-corrected chi connectivity index (χ1v) is 9.97. The molecule has 0 spiro atoms. The van der Waals surface area contributed by atoms with Crippen LogP contribution in [0.1, 0.15) is 63.9 Å². The molecule has 0 aliphatic rings. The van der Waals surface area contributed by atoms with E-state index in [1.54, 1.807) is 0 Å². The summed E-state index contributed by atoms with van der Waals surface area (Å²) >= 11 is 0. The molecule has 0 aliphatic carbocycles. The lowest BCUT2D eigenvalue weighted by molar-refractivity contribution is -0.142. The van der Waals surface area contributed by atoms with E-state index in [-0.39, 0.29) is 13.2 Å². The summed E-state index contributed by atoms with van der Waals surface area (Å²) in [5.41, 5.74) is 0.895. The van der Waals surface area contributed by atoms with Gasteiger partial charge in [0.25, 0.3) is 0 Å². The third-order valence-corrected chi connectivity index (χ3v) is 4.01. The Kier molecular flexibility index (Phi) is 13.4. The fourth-order valence-electron chi connectivity index (χ4n) is 2.43. The molecular formula is C22H33NO4. The number of amides is 1. The molecule has 1 rings (SSSR count). The Morgan fingerprint density at radius 3 is 2.37 bits per heavy atom. The van der Waals surface area contributed by atoms with E-state index in [1.807, 2.05) is 30.3 Å². The van der Waals surface area contributed by atoms with Crippen LogP contribution in [0.15, 0.2) is 42.5 Å². The van der Waals surface area contributed by atoms with E-state index in [0.717, 1.165) is 31.2 Å². The van der Waals surface area contributed by atoms with Gasteiger partial charge in [0.2, 0.25) is 0 Å². The van der Waals surface area contributed by atoms with Gasteiger partial charge in [0.05, 0.1) is 6.61 Å². The van der Waals surface area contributed by atoms with Crippen molar-refractivity contribution in [3.05, 3.63) is 48.0 Å². The first-order chi connectivity index (χ1) is 13.2. The summed E-state index contributed by atoms with van der Waals surface area (Å²) in [4.78, 5) is 23.1. The van der Waals surface area contributed by atoms with E-state index >= 15 is 0 Å². The molecule has 5 nitrogen and oxygen atoms in total. The molecule has 1 aromatic carbocycles.